The molecule has 3 aromatic rings. The average molecular weight is 358 g/mol. The number of fused-ring (bicyclic) bond motifs is 1. The summed E-state index contributed by atoms with van der Waals surface area (Å²) in [5, 5.41) is 9.12. The number of imidazole rings is 1. The molecular weight excluding hydrogens is 340 g/mol. The smallest absolute Gasteiger partial charge is 0.316 e. The van der Waals surface area contributed by atoms with Gasteiger partial charge in [-0.1, -0.05) is 12.0 Å². The van der Waals surface area contributed by atoms with Gasteiger partial charge in [-0.25, -0.2) is 15.0 Å². The number of hydrogen-bond donors (Lipinski definition) is 0. The van der Waals surface area contributed by atoms with Crippen molar-refractivity contribution < 1.29 is 4.74 Å². The molecule has 0 aromatic carbocycles. The minimum absolute atomic E-state index is 0.151. The zero-order valence-electron chi connectivity index (χ0n) is 15.0. The van der Waals surface area contributed by atoms with E-state index in [1.807, 2.05) is 12.1 Å². The molecule has 0 bridgehead atoms. The number of ether oxygens (including phenoxy) is 1. The normalized spacial score (nSPS) is 14.4. The summed E-state index contributed by atoms with van der Waals surface area (Å²) in [5.41, 5.74) is 2.36. The first-order chi connectivity index (χ1) is 13.3. The molecule has 0 aliphatic carbocycles. The Labute approximate surface area is 157 Å². The highest BCUT2D eigenvalue weighted by molar-refractivity contribution is 5.56. The fourth-order valence-electron chi connectivity index (χ4n) is 3.21. The molecule has 134 valence electrons. The van der Waals surface area contributed by atoms with Crippen molar-refractivity contribution in [2.75, 3.05) is 25.1 Å². The molecular formula is C20H18N6O. The first-order valence-electron chi connectivity index (χ1n) is 8.77. The molecule has 0 spiro atoms. The molecule has 0 radical (unpaired) electrons. The Morgan fingerprint density at radius 1 is 1.07 bits per heavy atom. The quantitative estimate of drug-likeness (QED) is 0.654. The molecule has 4 rings (SSSR count). The summed E-state index contributed by atoms with van der Waals surface area (Å²) in [6.07, 6.45) is 6.81. The monoisotopic (exact) mass is 358 g/mol. The molecule has 7 heteroatoms. The third kappa shape index (κ3) is 3.40. The predicted molar refractivity (Wildman–Crippen MR) is 100 cm³/mol. The number of hydrogen-bond acceptors (Lipinski definition) is 6. The van der Waals surface area contributed by atoms with Gasteiger partial charge in [-0.05, 0) is 30.9 Å². The minimum Gasteiger partial charge on any atom is -0.467 e. The molecule has 4 heterocycles. The number of pyridine rings is 1. The molecule has 3 aromatic heterocycles. The van der Waals surface area contributed by atoms with Crippen LogP contribution in [0, 0.1) is 29.1 Å². The van der Waals surface area contributed by atoms with Gasteiger partial charge in [0.1, 0.15) is 17.2 Å². The second kappa shape index (κ2) is 7.35. The van der Waals surface area contributed by atoms with Crippen LogP contribution in [-0.2, 0) is 0 Å². The van der Waals surface area contributed by atoms with Crippen molar-refractivity contribution in [3.8, 4) is 23.9 Å². The highest BCUT2D eigenvalue weighted by Gasteiger charge is 2.21. The Morgan fingerprint density at radius 3 is 2.56 bits per heavy atom. The Balaban J connectivity index is 1.67. The second-order valence-corrected chi connectivity index (χ2v) is 6.32. The Hall–Kier alpha value is -3.58. The topological polar surface area (TPSA) is 79.3 Å². The molecule has 0 unspecified atom stereocenters. The summed E-state index contributed by atoms with van der Waals surface area (Å²) in [4.78, 5) is 14.9. The van der Waals surface area contributed by atoms with Crippen molar-refractivity contribution in [1.82, 2.24) is 19.4 Å². The van der Waals surface area contributed by atoms with Gasteiger partial charge >= 0.3 is 6.01 Å². The molecule has 0 atom stereocenters. The molecule has 1 aliphatic heterocycles. The van der Waals surface area contributed by atoms with E-state index in [2.05, 4.69) is 48.2 Å². The van der Waals surface area contributed by atoms with Gasteiger partial charge in [0.25, 0.3) is 0 Å². The van der Waals surface area contributed by atoms with Crippen molar-refractivity contribution in [2.24, 2.45) is 5.92 Å². The van der Waals surface area contributed by atoms with E-state index in [1.54, 1.807) is 18.6 Å². The van der Waals surface area contributed by atoms with Crippen molar-refractivity contribution in [3.05, 3.63) is 48.0 Å². The average Bonchev–Trinajstić information content (AvgIpc) is 3.16. The lowest BCUT2D eigenvalue weighted by Crippen LogP contribution is -2.34. The number of rotatable bonds is 2. The van der Waals surface area contributed by atoms with Gasteiger partial charge in [0.05, 0.1) is 24.9 Å². The number of aromatic nitrogens is 4. The van der Waals surface area contributed by atoms with E-state index in [9.17, 15) is 0 Å². The SMILES string of the molecule is COc1ncc(C#Cc2cnc3cccc(N4CCC(C#N)CC4)n23)cn1. The third-order valence-corrected chi connectivity index (χ3v) is 4.66. The molecule has 7 nitrogen and oxygen atoms in total. The standard InChI is InChI=1S/C20H18N6O/c1-27-20-23-12-16(13-24-20)5-6-17-14-22-18-3-2-4-19(26(17)18)25-9-7-15(11-21)8-10-25/h2-4,12-15H,7-10H2,1H3. The van der Waals surface area contributed by atoms with Crippen LogP contribution in [0.5, 0.6) is 6.01 Å². The Bertz CT molecular complexity index is 1050. The highest BCUT2D eigenvalue weighted by atomic mass is 16.5. The number of piperidine rings is 1. The summed E-state index contributed by atoms with van der Waals surface area (Å²) in [6, 6.07) is 8.74. The van der Waals surface area contributed by atoms with Gasteiger partial charge < -0.3 is 9.64 Å². The van der Waals surface area contributed by atoms with Crippen LogP contribution in [0.4, 0.5) is 5.82 Å². The fourth-order valence-corrected chi connectivity index (χ4v) is 3.21. The van der Waals surface area contributed by atoms with Gasteiger partial charge in [0, 0.05) is 31.4 Å². The molecule has 1 fully saturated rings. The van der Waals surface area contributed by atoms with Crippen LogP contribution in [0.2, 0.25) is 0 Å². The molecule has 27 heavy (non-hydrogen) atoms. The summed E-state index contributed by atoms with van der Waals surface area (Å²) < 4.78 is 7.03. The van der Waals surface area contributed by atoms with E-state index in [0.29, 0.717) is 11.6 Å². The maximum absolute atomic E-state index is 9.12. The van der Waals surface area contributed by atoms with Crippen LogP contribution >= 0.6 is 0 Å². The van der Waals surface area contributed by atoms with Crippen molar-refractivity contribution in [2.45, 2.75) is 12.8 Å². The maximum Gasteiger partial charge on any atom is 0.316 e. The Morgan fingerprint density at radius 2 is 1.85 bits per heavy atom. The first-order valence-corrected chi connectivity index (χ1v) is 8.77. The van der Waals surface area contributed by atoms with E-state index in [-0.39, 0.29) is 5.92 Å². The highest BCUT2D eigenvalue weighted by Crippen LogP contribution is 2.24. The second-order valence-electron chi connectivity index (χ2n) is 6.32. The zero-order valence-corrected chi connectivity index (χ0v) is 15.0. The van der Waals surface area contributed by atoms with Gasteiger partial charge in [0.15, 0.2) is 0 Å². The van der Waals surface area contributed by atoms with Crippen LogP contribution in [-0.4, -0.2) is 39.6 Å². The summed E-state index contributed by atoms with van der Waals surface area (Å²) >= 11 is 0. The lowest BCUT2D eigenvalue weighted by atomic mass is 9.99. The van der Waals surface area contributed by atoms with E-state index in [1.165, 1.54) is 7.11 Å². The molecule has 0 N–H and O–H groups in total. The first kappa shape index (κ1) is 16.9. The predicted octanol–water partition coefficient (Wildman–Crippen LogP) is 2.27. The summed E-state index contributed by atoms with van der Waals surface area (Å²) in [7, 11) is 1.53. The fraction of sp³-hybridized carbons (Fsp3) is 0.300. The van der Waals surface area contributed by atoms with Crippen LogP contribution in [0.25, 0.3) is 5.65 Å². The van der Waals surface area contributed by atoms with Crippen molar-refractivity contribution in [3.63, 3.8) is 0 Å². The Kier molecular flexibility index (Phi) is 4.59. The molecule has 0 amide bonds. The minimum atomic E-state index is 0.151. The molecule has 0 saturated carbocycles. The largest absolute Gasteiger partial charge is 0.467 e. The van der Waals surface area contributed by atoms with E-state index < -0.39 is 0 Å². The van der Waals surface area contributed by atoms with Crippen LogP contribution in [0.1, 0.15) is 24.1 Å². The van der Waals surface area contributed by atoms with Gasteiger partial charge in [-0.2, -0.15) is 5.26 Å². The third-order valence-electron chi connectivity index (χ3n) is 4.66. The number of nitriles is 1. The molecule has 1 aliphatic rings. The maximum atomic E-state index is 9.12. The van der Waals surface area contributed by atoms with E-state index in [0.717, 1.165) is 43.1 Å². The summed E-state index contributed by atoms with van der Waals surface area (Å²) in [6.45, 7) is 1.71. The number of methoxy groups -OCH3 is 1. The van der Waals surface area contributed by atoms with Crippen LogP contribution in [0.3, 0.4) is 0 Å². The van der Waals surface area contributed by atoms with Crippen LogP contribution in [0.15, 0.2) is 36.8 Å². The van der Waals surface area contributed by atoms with E-state index >= 15 is 0 Å². The lowest BCUT2D eigenvalue weighted by Gasteiger charge is -2.31. The van der Waals surface area contributed by atoms with Gasteiger partial charge in [0.2, 0.25) is 0 Å². The van der Waals surface area contributed by atoms with Crippen LogP contribution < -0.4 is 9.64 Å². The number of anilines is 1. The zero-order chi connectivity index (χ0) is 18.6. The van der Waals surface area contributed by atoms with Crippen molar-refractivity contribution in [1.29, 1.82) is 5.26 Å². The van der Waals surface area contributed by atoms with Crippen molar-refractivity contribution >= 4 is 11.5 Å². The van der Waals surface area contributed by atoms with E-state index in [4.69, 9.17) is 10.00 Å². The summed E-state index contributed by atoms with van der Waals surface area (Å²) in [5.74, 6) is 7.46. The number of nitrogens with zero attached hydrogens (tertiary/aromatic N) is 6. The van der Waals surface area contributed by atoms with Gasteiger partial charge in [-0.15, -0.1) is 0 Å². The van der Waals surface area contributed by atoms with Gasteiger partial charge in [-0.3, -0.25) is 4.40 Å². The lowest BCUT2D eigenvalue weighted by molar-refractivity contribution is 0.379. The molecule has 1 saturated heterocycles.